The van der Waals surface area contributed by atoms with Crippen LogP contribution in [0.25, 0.3) is 10.6 Å². The summed E-state index contributed by atoms with van der Waals surface area (Å²) in [5.74, 6) is -0.479. The highest BCUT2D eigenvalue weighted by molar-refractivity contribution is 7.13. The summed E-state index contributed by atoms with van der Waals surface area (Å²) in [7, 11) is 1.80. The first-order valence-electron chi connectivity index (χ1n) is 8.60. The molecule has 4 nitrogen and oxygen atoms in total. The molecule has 0 aliphatic rings. The van der Waals surface area contributed by atoms with Gasteiger partial charge in [-0.1, -0.05) is 42.5 Å². The minimum absolute atomic E-state index is 0.0321. The van der Waals surface area contributed by atoms with Crippen molar-refractivity contribution in [1.82, 2.24) is 4.98 Å². The molecule has 1 heterocycles. The van der Waals surface area contributed by atoms with Gasteiger partial charge in [-0.3, -0.25) is 4.79 Å². The minimum atomic E-state index is -4.52. The van der Waals surface area contributed by atoms with Gasteiger partial charge in [0.25, 0.3) is 5.91 Å². The van der Waals surface area contributed by atoms with Gasteiger partial charge in [-0.05, 0) is 12.1 Å². The molecule has 3 aromatic rings. The maximum Gasteiger partial charge on any atom is 0.418 e. The molecule has 0 aliphatic heterocycles. The second-order valence-electron chi connectivity index (χ2n) is 6.41. The number of halogens is 3. The Morgan fingerprint density at radius 3 is 2.50 bits per heavy atom. The van der Waals surface area contributed by atoms with Gasteiger partial charge < -0.3 is 10.2 Å². The van der Waals surface area contributed by atoms with Gasteiger partial charge in [0.05, 0.1) is 18.3 Å². The van der Waals surface area contributed by atoms with Crippen molar-refractivity contribution in [2.24, 2.45) is 0 Å². The molecule has 3 rings (SSSR count). The Labute approximate surface area is 164 Å². The van der Waals surface area contributed by atoms with Crippen LogP contribution in [0, 0.1) is 0 Å². The van der Waals surface area contributed by atoms with Crippen LogP contribution in [-0.4, -0.2) is 24.5 Å². The fourth-order valence-electron chi connectivity index (χ4n) is 2.78. The number of likely N-dealkylation sites (N-methyl/N-ethyl adjacent to an activating group) is 1. The average Bonchev–Trinajstić information content (AvgIpc) is 3.10. The predicted octanol–water partition coefficient (Wildman–Crippen LogP) is 3.48. The molecule has 1 amide bonds. The molecule has 0 saturated carbocycles. The number of nitrogens with one attached hydrogen (secondary N) is 2. The van der Waals surface area contributed by atoms with Gasteiger partial charge in [0.15, 0.2) is 6.54 Å². The van der Waals surface area contributed by atoms with E-state index in [1.807, 2.05) is 35.7 Å². The second kappa shape index (κ2) is 8.53. The number of carbonyl (C=O) groups excluding carboxylic acids is 1. The zero-order valence-electron chi connectivity index (χ0n) is 15.1. The number of quaternary nitrogens is 1. The third-order valence-corrected chi connectivity index (χ3v) is 4.96. The Hall–Kier alpha value is -2.71. The Morgan fingerprint density at radius 2 is 1.79 bits per heavy atom. The van der Waals surface area contributed by atoms with Gasteiger partial charge in [0.2, 0.25) is 0 Å². The summed E-state index contributed by atoms with van der Waals surface area (Å²) in [6.07, 6.45) is -4.52. The van der Waals surface area contributed by atoms with Crippen LogP contribution in [0.1, 0.15) is 11.3 Å². The van der Waals surface area contributed by atoms with Gasteiger partial charge in [-0.25, -0.2) is 4.98 Å². The molecular weight excluding hydrogens is 387 g/mol. The van der Waals surface area contributed by atoms with Crippen molar-refractivity contribution < 1.29 is 22.9 Å². The maximum atomic E-state index is 13.0. The van der Waals surface area contributed by atoms with E-state index in [0.717, 1.165) is 27.2 Å². The smallest absolute Gasteiger partial charge is 0.325 e. The molecule has 0 spiro atoms. The maximum absolute atomic E-state index is 13.0. The molecule has 0 fully saturated rings. The van der Waals surface area contributed by atoms with Crippen molar-refractivity contribution in [1.29, 1.82) is 0 Å². The van der Waals surface area contributed by atoms with Gasteiger partial charge in [-0.2, -0.15) is 13.2 Å². The molecule has 0 aliphatic carbocycles. The highest BCUT2D eigenvalue weighted by atomic mass is 32.1. The molecule has 0 saturated heterocycles. The zero-order valence-corrected chi connectivity index (χ0v) is 15.9. The Balaban J connectivity index is 1.59. The fourth-order valence-corrected chi connectivity index (χ4v) is 3.61. The molecule has 0 radical (unpaired) electrons. The number of carbonyl (C=O) groups is 1. The van der Waals surface area contributed by atoms with E-state index in [1.54, 1.807) is 7.05 Å². The second-order valence-corrected chi connectivity index (χ2v) is 7.27. The molecule has 1 unspecified atom stereocenters. The van der Waals surface area contributed by atoms with Crippen LogP contribution in [0.5, 0.6) is 0 Å². The number of rotatable bonds is 6. The number of alkyl halides is 3. The zero-order chi connectivity index (χ0) is 20.1. The number of hydrogen-bond donors (Lipinski definition) is 2. The highest BCUT2D eigenvalue weighted by Gasteiger charge is 2.33. The quantitative estimate of drug-likeness (QED) is 0.659. The molecule has 8 heteroatoms. The Bertz CT molecular complexity index is 941. The van der Waals surface area contributed by atoms with Gasteiger partial charge in [-0.15, -0.1) is 11.3 Å². The van der Waals surface area contributed by atoms with Crippen molar-refractivity contribution in [3.05, 3.63) is 71.2 Å². The predicted molar refractivity (Wildman–Crippen MR) is 103 cm³/mol. The molecule has 1 aromatic heterocycles. The van der Waals surface area contributed by atoms with Crippen LogP contribution in [0.3, 0.4) is 0 Å². The summed E-state index contributed by atoms with van der Waals surface area (Å²) in [6.45, 7) is 0.530. The van der Waals surface area contributed by atoms with Gasteiger partial charge in [0, 0.05) is 10.9 Å². The fraction of sp³-hybridized carbons (Fsp3) is 0.200. The lowest BCUT2D eigenvalue weighted by Crippen LogP contribution is -3.08. The normalized spacial score (nSPS) is 12.6. The first-order chi connectivity index (χ1) is 13.3. The van der Waals surface area contributed by atoms with Crippen molar-refractivity contribution in [3.63, 3.8) is 0 Å². The van der Waals surface area contributed by atoms with E-state index in [9.17, 15) is 18.0 Å². The molecule has 2 aromatic carbocycles. The van der Waals surface area contributed by atoms with Crippen LogP contribution in [0.15, 0.2) is 60.0 Å². The van der Waals surface area contributed by atoms with E-state index >= 15 is 0 Å². The van der Waals surface area contributed by atoms with E-state index in [4.69, 9.17) is 0 Å². The first kappa shape index (κ1) is 20.0. The summed E-state index contributed by atoms with van der Waals surface area (Å²) in [6, 6.07) is 14.7. The lowest BCUT2D eigenvalue weighted by molar-refractivity contribution is -0.885. The Kier molecular flexibility index (Phi) is 6.11. The summed E-state index contributed by atoms with van der Waals surface area (Å²) in [5.41, 5.74) is 0.781. The number of aromatic nitrogens is 1. The largest absolute Gasteiger partial charge is 0.418 e. The van der Waals surface area contributed by atoms with Crippen molar-refractivity contribution in [2.45, 2.75) is 12.7 Å². The number of para-hydroxylation sites is 1. The van der Waals surface area contributed by atoms with Crippen LogP contribution in [0.2, 0.25) is 0 Å². The van der Waals surface area contributed by atoms with E-state index in [1.165, 1.54) is 29.5 Å². The SMILES string of the molecule is C[NH+](CC(=O)Nc1ccccc1C(F)(F)F)Cc1csc(-c2ccccc2)n1. The molecule has 1 atom stereocenters. The van der Waals surface area contributed by atoms with Gasteiger partial charge in [0.1, 0.15) is 17.2 Å². The molecule has 0 bridgehead atoms. The van der Waals surface area contributed by atoms with Crippen LogP contribution in [0.4, 0.5) is 18.9 Å². The molecule has 2 N–H and O–H groups in total. The number of nitrogens with zero attached hydrogens (tertiary/aromatic N) is 1. The molecular formula is C20H19F3N3OS+. The minimum Gasteiger partial charge on any atom is -0.325 e. The summed E-state index contributed by atoms with van der Waals surface area (Å²) < 4.78 is 39.1. The van der Waals surface area contributed by atoms with E-state index in [-0.39, 0.29) is 12.2 Å². The third kappa shape index (κ3) is 5.17. The number of amides is 1. The molecule has 28 heavy (non-hydrogen) atoms. The lowest BCUT2D eigenvalue weighted by atomic mass is 10.1. The standard InChI is InChI=1S/C20H18F3N3OS/c1-26(11-15-13-28-19(24-15)14-7-3-2-4-8-14)12-18(27)25-17-10-6-5-9-16(17)20(21,22)23/h2-10,13H,11-12H2,1H3,(H,25,27)/p+1. The number of anilines is 1. The third-order valence-electron chi connectivity index (χ3n) is 4.02. The van der Waals surface area contributed by atoms with E-state index in [0.29, 0.717) is 6.54 Å². The highest BCUT2D eigenvalue weighted by Crippen LogP contribution is 2.34. The van der Waals surface area contributed by atoms with Gasteiger partial charge >= 0.3 is 6.18 Å². The van der Waals surface area contributed by atoms with E-state index < -0.39 is 17.6 Å². The van der Waals surface area contributed by atoms with Crippen LogP contribution < -0.4 is 10.2 Å². The van der Waals surface area contributed by atoms with Crippen molar-refractivity contribution >= 4 is 22.9 Å². The van der Waals surface area contributed by atoms with Crippen molar-refractivity contribution in [3.8, 4) is 10.6 Å². The molecule has 146 valence electrons. The summed E-state index contributed by atoms with van der Waals surface area (Å²) >= 11 is 1.52. The van der Waals surface area contributed by atoms with E-state index in [2.05, 4.69) is 10.3 Å². The number of hydrogen-bond acceptors (Lipinski definition) is 3. The lowest BCUT2D eigenvalue weighted by Gasteiger charge is -2.15. The summed E-state index contributed by atoms with van der Waals surface area (Å²) in [5, 5.41) is 5.20. The topological polar surface area (TPSA) is 46.4 Å². The van der Waals surface area contributed by atoms with Crippen LogP contribution >= 0.6 is 11.3 Å². The van der Waals surface area contributed by atoms with Crippen molar-refractivity contribution in [2.75, 3.05) is 18.9 Å². The average molecular weight is 406 g/mol. The summed E-state index contributed by atoms with van der Waals surface area (Å²) in [4.78, 5) is 17.6. The number of thiazole rings is 1. The number of benzene rings is 2. The monoisotopic (exact) mass is 406 g/mol. The first-order valence-corrected chi connectivity index (χ1v) is 9.48. The van der Waals surface area contributed by atoms with Crippen LogP contribution in [-0.2, 0) is 17.5 Å². The Morgan fingerprint density at radius 1 is 1.11 bits per heavy atom.